The largest absolute Gasteiger partial charge is 0.415 e. The summed E-state index contributed by atoms with van der Waals surface area (Å²) in [5.74, 6) is 0. The molecule has 218 valence electrons. The van der Waals surface area contributed by atoms with Crippen LogP contribution in [0.3, 0.4) is 0 Å². The maximum atomic E-state index is 7.01. The van der Waals surface area contributed by atoms with Crippen molar-refractivity contribution in [3.63, 3.8) is 0 Å². The van der Waals surface area contributed by atoms with E-state index in [2.05, 4.69) is 118 Å². The van der Waals surface area contributed by atoms with Crippen molar-refractivity contribution in [2.24, 2.45) is 0 Å². The molecule has 0 aromatic heterocycles. The van der Waals surface area contributed by atoms with Gasteiger partial charge in [-0.15, -0.1) is 0 Å². The van der Waals surface area contributed by atoms with Gasteiger partial charge in [-0.3, -0.25) is 0 Å². The molecule has 0 aliphatic rings. The first-order valence-electron chi connectivity index (χ1n) is 13.6. The van der Waals surface area contributed by atoms with Gasteiger partial charge in [0.25, 0.3) is 0 Å². The molecule has 0 saturated heterocycles. The van der Waals surface area contributed by atoms with Crippen molar-refractivity contribution in [3.8, 4) is 0 Å². The minimum atomic E-state index is -1.99. The zero-order chi connectivity index (χ0) is 29.0. The van der Waals surface area contributed by atoms with Gasteiger partial charge in [-0.1, -0.05) is 0 Å². The highest BCUT2D eigenvalue weighted by atomic mass is 28.4. The Morgan fingerprint density at radius 1 is 0.333 bits per heavy atom. The van der Waals surface area contributed by atoms with Crippen molar-refractivity contribution in [3.05, 3.63) is 0 Å². The summed E-state index contributed by atoms with van der Waals surface area (Å²) in [7, 11) is -11.4. The number of hydrogen-bond donors (Lipinski definition) is 0. The normalized spacial score (nSPS) is 18.2. The molecule has 0 aromatic rings. The SMILES string of the molecule is C[Si](C)(C)OC[C@H](O[Si](C)(C)C)[C@@H](O[Si](C)(C)C)[C@H](O[Si](C)(C)C)[C@H](CO[Si](C)(C)C)O[Si](C)(C)C. The summed E-state index contributed by atoms with van der Waals surface area (Å²) in [6.07, 6.45) is -1.04. The van der Waals surface area contributed by atoms with E-state index < -0.39 is 49.9 Å². The molecular formula is C24H62O6Si6. The highest BCUT2D eigenvalue weighted by Gasteiger charge is 2.45. The van der Waals surface area contributed by atoms with Crippen molar-refractivity contribution < 1.29 is 26.6 Å². The van der Waals surface area contributed by atoms with Gasteiger partial charge >= 0.3 is 0 Å². The summed E-state index contributed by atoms with van der Waals surface area (Å²) in [5.41, 5.74) is 0. The third-order valence-electron chi connectivity index (χ3n) is 4.41. The first-order valence-corrected chi connectivity index (χ1v) is 34.0. The first kappa shape index (κ1) is 37.1. The Bertz CT molecular complexity index is 582. The minimum absolute atomic E-state index is 0.226. The average Bonchev–Trinajstić information content (AvgIpc) is 2.53. The maximum Gasteiger partial charge on any atom is 0.184 e. The van der Waals surface area contributed by atoms with Crippen LogP contribution >= 0.6 is 0 Å². The van der Waals surface area contributed by atoms with E-state index in [1.807, 2.05) is 0 Å². The second-order valence-electron chi connectivity index (χ2n) is 15.8. The van der Waals surface area contributed by atoms with Gasteiger partial charge < -0.3 is 26.6 Å². The van der Waals surface area contributed by atoms with E-state index in [-0.39, 0.29) is 24.4 Å². The van der Waals surface area contributed by atoms with Crippen LogP contribution in [0, 0.1) is 0 Å². The zero-order valence-corrected chi connectivity index (χ0v) is 33.2. The van der Waals surface area contributed by atoms with E-state index in [1.54, 1.807) is 0 Å². The second-order valence-corrected chi connectivity index (χ2v) is 42.6. The van der Waals surface area contributed by atoms with E-state index in [4.69, 9.17) is 26.6 Å². The summed E-state index contributed by atoms with van der Waals surface area (Å²) >= 11 is 0. The zero-order valence-electron chi connectivity index (χ0n) is 27.2. The Labute approximate surface area is 231 Å². The Hall–Kier alpha value is 1.06. The number of rotatable bonds is 17. The third kappa shape index (κ3) is 20.0. The van der Waals surface area contributed by atoms with Gasteiger partial charge in [0, 0.05) is 0 Å². The molecule has 0 amide bonds. The van der Waals surface area contributed by atoms with Crippen LogP contribution in [0.5, 0.6) is 0 Å². The molecule has 0 heterocycles. The monoisotopic (exact) mass is 614 g/mol. The molecule has 0 unspecified atom stereocenters. The van der Waals surface area contributed by atoms with E-state index in [0.717, 1.165) is 0 Å². The second kappa shape index (κ2) is 13.6. The van der Waals surface area contributed by atoms with E-state index in [9.17, 15) is 0 Å². The van der Waals surface area contributed by atoms with Gasteiger partial charge in [0.1, 0.15) is 0 Å². The lowest BCUT2D eigenvalue weighted by Crippen LogP contribution is -2.60. The standard InChI is InChI=1S/C24H62O6Si6/c1-31(2,3)25-19-21(27-33(7,8)9)23(29-35(13,14)15)24(30-36(16,17)18)22(28-34(10,11)12)20-26-32(4,5)6/h21-24H,19-20H2,1-18H3/t21-,22-,23+,24+/m0/s1. The van der Waals surface area contributed by atoms with Gasteiger partial charge in [0.2, 0.25) is 0 Å². The highest BCUT2D eigenvalue weighted by molar-refractivity contribution is 6.71. The highest BCUT2D eigenvalue weighted by Crippen LogP contribution is 2.29. The fourth-order valence-corrected chi connectivity index (χ4v) is 9.24. The van der Waals surface area contributed by atoms with Crippen molar-refractivity contribution in [2.45, 2.75) is 142 Å². The van der Waals surface area contributed by atoms with E-state index >= 15 is 0 Å². The fraction of sp³-hybridized carbons (Fsp3) is 1.00. The minimum Gasteiger partial charge on any atom is -0.415 e. The lowest BCUT2D eigenvalue weighted by atomic mass is 10.0. The molecule has 0 rings (SSSR count). The van der Waals surface area contributed by atoms with Crippen LogP contribution < -0.4 is 0 Å². The van der Waals surface area contributed by atoms with Gasteiger partial charge in [-0.2, -0.15) is 0 Å². The van der Waals surface area contributed by atoms with Crippen LogP contribution in [0.2, 0.25) is 118 Å². The quantitative estimate of drug-likeness (QED) is 0.158. The van der Waals surface area contributed by atoms with Gasteiger partial charge in [0.15, 0.2) is 49.9 Å². The Kier molecular flexibility index (Phi) is 14.0. The average molecular weight is 615 g/mol. The molecule has 0 radical (unpaired) electrons. The van der Waals surface area contributed by atoms with Crippen LogP contribution in [0.25, 0.3) is 0 Å². The Morgan fingerprint density at radius 2 is 0.556 bits per heavy atom. The molecule has 0 bridgehead atoms. The van der Waals surface area contributed by atoms with Crippen LogP contribution in [0.4, 0.5) is 0 Å². The van der Waals surface area contributed by atoms with Gasteiger partial charge in [-0.05, 0) is 118 Å². The number of hydrogen-bond acceptors (Lipinski definition) is 6. The molecule has 0 aromatic carbocycles. The summed E-state index contributed by atoms with van der Waals surface area (Å²) in [6.45, 7) is 41.2. The topological polar surface area (TPSA) is 55.4 Å². The summed E-state index contributed by atoms with van der Waals surface area (Å²) in [5, 5.41) is 0. The maximum absolute atomic E-state index is 7.01. The van der Waals surface area contributed by atoms with Crippen molar-refractivity contribution in [2.75, 3.05) is 13.2 Å². The smallest absolute Gasteiger partial charge is 0.184 e. The predicted molar refractivity (Wildman–Crippen MR) is 171 cm³/mol. The predicted octanol–water partition coefficient (Wildman–Crippen LogP) is 7.57. The summed E-state index contributed by atoms with van der Waals surface area (Å²) < 4.78 is 40.7. The van der Waals surface area contributed by atoms with Gasteiger partial charge in [0.05, 0.1) is 37.6 Å². The van der Waals surface area contributed by atoms with E-state index in [1.165, 1.54) is 0 Å². The fourth-order valence-electron chi connectivity index (χ4n) is 3.49. The molecule has 0 spiro atoms. The molecule has 0 N–H and O–H groups in total. The Balaban J connectivity index is 6.80. The molecule has 12 heteroatoms. The first-order chi connectivity index (χ1) is 15.6. The third-order valence-corrected chi connectivity index (χ3v) is 10.5. The molecule has 0 fully saturated rings. The molecule has 36 heavy (non-hydrogen) atoms. The van der Waals surface area contributed by atoms with Gasteiger partial charge in [-0.25, -0.2) is 0 Å². The molecular weight excluding hydrogens is 553 g/mol. The van der Waals surface area contributed by atoms with Crippen LogP contribution in [-0.2, 0) is 26.6 Å². The summed E-state index contributed by atoms with van der Waals surface area (Å²) in [4.78, 5) is 0. The lowest BCUT2D eigenvalue weighted by molar-refractivity contribution is -0.0958. The molecule has 4 atom stereocenters. The van der Waals surface area contributed by atoms with Crippen molar-refractivity contribution >= 4 is 49.9 Å². The van der Waals surface area contributed by atoms with E-state index in [0.29, 0.717) is 13.2 Å². The molecule has 0 saturated carbocycles. The van der Waals surface area contributed by atoms with Crippen LogP contribution in [0.1, 0.15) is 0 Å². The molecule has 0 aliphatic carbocycles. The van der Waals surface area contributed by atoms with Crippen LogP contribution in [-0.4, -0.2) is 87.5 Å². The Morgan fingerprint density at radius 3 is 0.722 bits per heavy atom. The molecule has 0 aliphatic heterocycles. The van der Waals surface area contributed by atoms with Crippen molar-refractivity contribution in [1.29, 1.82) is 0 Å². The lowest BCUT2D eigenvalue weighted by Gasteiger charge is -2.46. The molecule has 6 nitrogen and oxygen atoms in total. The van der Waals surface area contributed by atoms with Crippen molar-refractivity contribution in [1.82, 2.24) is 0 Å². The van der Waals surface area contributed by atoms with Crippen LogP contribution in [0.15, 0.2) is 0 Å². The summed E-state index contributed by atoms with van der Waals surface area (Å²) in [6, 6.07) is 0.